The molecule has 0 aromatic heterocycles. The Morgan fingerprint density at radius 2 is 1.47 bits per heavy atom. The molecule has 1 aromatic rings. The van der Waals surface area contributed by atoms with Gasteiger partial charge in [-0.2, -0.15) is 0 Å². The highest BCUT2D eigenvalue weighted by Crippen LogP contribution is 2.35. The monoisotopic (exact) mass is 285 g/mol. The van der Waals surface area contributed by atoms with Crippen molar-refractivity contribution in [2.24, 2.45) is 5.73 Å². The molecule has 0 aliphatic heterocycles. The van der Waals surface area contributed by atoms with Crippen molar-refractivity contribution < 1.29 is 9.47 Å². The van der Waals surface area contributed by atoms with Crippen molar-refractivity contribution >= 4 is 11.6 Å². The van der Waals surface area contributed by atoms with E-state index in [0.717, 1.165) is 17.7 Å². The van der Waals surface area contributed by atoms with Crippen LogP contribution in [0, 0.1) is 0 Å². The normalized spacial score (nSPS) is 12.9. The number of ether oxygens (including phenoxy) is 2. The Morgan fingerprint density at radius 3 is 1.89 bits per heavy atom. The first-order chi connectivity index (χ1) is 8.79. The fourth-order valence-corrected chi connectivity index (χ4v) is 2.00. The van der Waals surface area contributed by atoms with Crippen LogP contribution in [0.3, 0.4) is 0 Å². The van der Waals surface area contributed by atoms with Gasteiger partial charge >= 0.3 is 0 Å². The van der Waals surface area contributed by atoms with E-state index in [9.17, 15) is 0 Å². The van der Waals surface area contributed by atoms with Gasteiger partial charge in [-0.25, -0.2) is 0 Å². The summed E-state index contributed by atoms with van der Waals surface area (Å²) in [5.74, 6) is 1.41. The van der Waals surface area contributed by atoms with Gasteiger partial charge in [0.05, 0.1) is 12.2 Å². The van der Waals surface area contributed by atoms with Crippen LogP contribution in [0.15, 0.2) is 12.1 Å². The molecular formula is C15H24ClNO2. The maximum Gasteiger partial charge on any atom is 0.163 e. The molecule has 0 saturated heterocycles. The number of nitrogens with two attached hydrogens (primary N) is 1. The SMILES string of the molecule is CC(N)Cc1cc(OC(C)C)c(OC(C)C)cc1Cl. The van der Waals surface area contributed by atoms with Crippen LogP contribution in [0.5, 0.6) is 11.5 Å². The summed E-state index contributed by atoms with van der Waals surface area (Å²) in [6.45, 7) is 9.88. The minimum absolute atomic E-state index is 0.0567. The van der Waals surface area contributed by atoms with Gasteiger partial charge in [-0.1, -0.05) is 11.6 Å². The van der Waals surface area contributed by atoms with E-state index < -0.39 is 0 Å². The molecule has 1 unspecified atom stereocenters. The largest absolute Gasteiger partial charge is 0.487 e. The summed E-state index contributed by atoms with van der Waals surface area (Å²) in [5, 5.41) is 0.670. The maximum atomic E-state index is 6.27. The molecule has 2 N–H and O–H groups in total. The Hall–Kier alpha value is -0.930. The molecule has 1 atom stereocenters. The zero-order valence-corrected chi connectivity index (χ0v) is 13.1. The molecule has 1 rings (SSSR count). The van der Waals surface area contributed by atoms with E-state index in [-0.39, 0.29) is 18.2 Å². The Labute approximate surface area is 121 Å². The summed E-state index contributed by atoms with van der Waals surface area (Å²) >= 11 is 6.27. The van der Waals surface area contributed by atoms with Crippen LogP contribution in [0.2, 0.25) is 5.02 Å². The molecular weight excluding hydrogens is 262 g/mol. The van der Waals surface area contributed by atoms with Gasteiger partial charge in [0, 0.05) is 17.1 Å². The number of benzene rings is 1. The Bertz CT molecular complexity index is 417. The van der Waals surface area contributed by atoms with Crippen LogP contribution >= 0.6 is 11.6 Å². The lowest BCUT2D eigenvalue weighted by molar-refractivity contribution is 0.198. The predicted molar refractivity (Wildman–Crippen MR) is 80.3 cm³/mol. The molecule has 0 amide bonds. The summed E-state index contributed by atoms with van der Waals surface area (Å²) in [5.41, 5.74) is 6.82. The topological polar surface area (TPSA) is 44.5 Å². The molecule has 3 nitrogen and oxygen atoms in total. The molecule has 4 heteroatoms. The molecule has 19 heavy (non-hydrogen) atoms. The third-order valence-corrected chi connectivity index (χ3v) is 2.73. The van der Waals surface area contributed by atoms with Gasteiger partial charge in [-0.05, 0) is 52.7 Å². The summed E-state index contributed by atoms with van der Waals surface area (Å²) in [6.07, 6.45) is 0.874. The molecule has 0 bridgehead atoms. The fraction of sp³-hybridized carbons (Fsp3) is 0.600. The molecule has 0 aliphatic rings. The van der Waals surface area contributed by atoms with Crippen LogP contribution in [-0.4, -0.2) is 18.2 Å². The van der Waals surface area contributed by atoms with Gasteiger partial charge in [0.1, 0.15) is 0 Å². The van der Waals surface area contributed by atoms with Crippen molar-refractivity contribution in [3.63, 3.8) is 0 Å². The number of halogens is 1. The highest BCUT2D eigenvalue weighted by atomic mass is 35.5. The van der Waals surface area contributed by atoms with E-state index in [0.29, 0.717) is 10.8 Å². The molecule has 0 saturated carbocycles. The van der Waals surface area contributed by atoms with Gasteiger partial charge in [0.25, 0.3) is 0 Å². The summed E-state index contributed by atoms with van der Waals surface area (Å²) in [4.78, 5) is 0. The average molecular weight is 286 g/mol. The summed E-state index contributed by atoms with van der Waals surface area (Å²) in [7, 11) is 0. The number of hydrogen-bond donors (Lipinski definition) is 1. The highest BCUT2D eigenvalue weighted by Gasteiger charge is 2.14. The van der Waals surface area contributed by atoms with E-state index in [4.69, 9.17) is 26.8 Å². The third kappa shape index (κ3) is 5.29. The molecule has 0 spiro atoms. The highest BCUT2D eigenvalue weighted by molar-refractivity contribution is 6.31. The van der Waals surface area contributed by atoms with Gasteiger partial charge in [0.15, 0.2) is 11.5 Å². The van der Waals surface area contributed by atoms with E-state index in [1.807, 2.05) is 46.8 Å². The molecule has 108 valence electrons. The second-order valence-corrected chi connectivity index (χ2v) is 5.81. The number of hydrogen-bond acceptors (Lipinski definition) is 3. The van der Waals surface area contributed by atoms with Crippen LogP contribution in [0.1, 0.15) is 40.2 Å². The lowest BCUT2D eigenvalue weighted by Gasteiger charge is -2.19. The zero-order chi connectivity index (χ0) is 14.6. The first-order valence-electron chi connectivity index (χ1n) is 6.71. The first kappa shape index (κ1) is 16.1. The van der Waals surface area contributed by atoms with Crippen molar-refractivity contribution in [2.75, 3.05) is 0 Å². The van der Waals surface area contributed by atoms with Crippen molar-refractivity contribution in [3.05, 3.63) is 22.7 Å². The predicted octanol–water partition coefficient (Wildman–Crippen LogP) is 3.80. The van der Waals surface area contributed by atoms with Crippen LogP contribution in [-0.2, 0) is 6.42 Å². The van der Waals surface area contributed by atoms with E-state index in [2.05, 4.69) is 0 Å². The van der Waals surface area contributed by atoms with Crippen molar-refractivity contribution in [2.45, 2.75) is 59.3 Å². The lowest BCUT2D eigenvalue weighted by Crippen LogP contribution is -2.18. The van der Waals surface area contributed by atoms with Crippen molar-refractivity contribution in [3.8, 4) is 11.5 Å². The first-order valence-corrected chi connectivity index (χ1v) is 7.08. The minimum atomic E-state index is 0.0567. The molecule has 0 heterocycles. The molecule has 0 fully saturated rings. The fourth-order valence-electron chi connectivity index (χ4n) is 1.77. The molecule has 1 aromatic carbocycles. The van der Waals surface area contributed by atoms with Gasteiger partial charge in [-0.3, -0.25) is 0 Å². The maximum absolute atomic E-state index is 6.27. The van der Waals surface area contributed by atoms with Crippen LogP contribution in [0.4, 0.5) is 0 Å². The smallest absolute Gasteiger partial charge is 0.163 e. The standard InChI is InChI=1S/C15H24ClNO2/c1-9(2)18-14-7-12(6-11(5)17)13(16)8-15(14)19-10(3)4/h7-11H,6,17H2,1-5H3. The Kier molecular flexibility index (Phi) is 5.95. The second-order valence-electron chi connectivity index (χ2n) is 5.40. The van der Waals surface area contributed by atoms with Gasteiger partial charge < -0.3 is 15.2 Å². The van der Waals surface area contributed by atoms with E-state index in [1.54, 1.807) is 0 Å². The van der Waals surface area contributed by atoms with Gasteiger partial charge in [0.2, 0.25) is 0 Å². The average Bonchev–Trinajstić information content (AvgIpc) is 2.22. The molecule has 0 aliphatic carbocycles. The third-order valence-electron chi connectivity index (χ3n) is 2.38. The zero-order valence-electron chi connectivity index (χ0n) is 12.4. The Morgan fingerprint density at radius 1 is 1.00 bits per heavy atom. The van der Waals surface area contributed by atoms with Crippen LogP contribution in [0.25, 0.3) is 0 Å². The van der Waals surface area contributed by atoms with E-state index in [1.165, 1.54) is 0 Å². The minimum Gasteiger partial charge on any atom is -0.487 e. The Balaban J connectivity index is 3.12. The van der Waals surface area contributed by atoms with E-state index >= 15 is 0 Å². The lowest BCUT2D eigenvalue weighted by atomic mass is 10.1. The van der Waals surface area contributed by atoms with Crippen LogP contribution < -0.4 is 15.2 Å². The van der Waals surface area contributed by atoms with Gasteiger partial charge in [-0.15, -0.1) is 0 Å². The number of rotatable bonds is 6. The quantitative estimate of drug-likeness (QED) is 0.864. The van der Waals surface area contributed by atoms with Crippen molar-refractivity contribution in [1.29, 1.82) is 0 Å². The molecule has 0 radical (unpaired) electrons. The second kappa shape index (κ2) is 7.01. The summed E-state index contributed by atoms with van der Waals surface area (Å²) < 4.78 is 11.5. The van der Waals surface area contributed by atoms with Crippen molar-refractivity contribution in [1.82, 2.24) is 0 Å². The summed E-state index contributed by atoms with van der Waals surface area (Å²) in [6, 6.07) is 3.81.